The number of hydrogen-bond donors (Lipinski definition) is 4. The maximum atomic E-state index is 11.4. The Morgan fingerprint density at radius 1 is 1.21 bits per heavy atom. The number of aryl methyl sites for hydroxylation is 1. The number of aromatic nitrogens is 4. The van der Waals surface area contributed by atoms with Crippen molar-refractivity contribution in [3.8, 4) is 11.5 Å². The van der Waals surface area contributed by atoms with Crippen LogP contribution in [0.5, 0.6) is 0 Å². The number of primary amides is 1. The van der Waals surface area contributed by atoms with E-state index >= 15 is 0 Å². The lowest BCUT2D eigenvalue weighted by Crippen LogP contribution is -2.17. The van der Waals surface area contributed by atoms with Gasteiger partial charge in [0, 0.05) is 18.3 Å². The molecule has 0 saturated heterocycles. The van der Waals surface area contributed by atoms with E-state index in [1.807, 2.05) is 37.3 Å². The molecule has 0 fully saturated rings. The summed E-state index contributed by atoms with van der Waals surface area (Å²) in [5, 5.41) is 20.5. The third-order valence-electron chi connectivity index (χ3n) is 4.99. The fourth-order valence-electron chi connectivity index (χ4n) is 3.22. The second-order valence-electron chi connectivity index (χ2n) is 7.30. The van der Waals surface area contributed by atoms with Crippen molar-refractivity contribution in [1.82, 2.24) is 20.1 Å². The number of aliphatic hydroxyl groups is 1. The van der Waals surface area contributed by atoms with Crippen LogP contribution in [0.15, 0.2) is 59.3 Å². The van der Waals surface area contributed by atoms with Crippen molar-refractivity contribution in [2.75, 3.05) is 17.2 Å². The molecule has 174 valence electrons. The molecule has 2 heterocycles. The summed E-state index contributed by atoms with van der Waals surface area (Å²) in [6, 6.07) is 13.7. The van der Waals surface area contributed by atoms with Gasteiger partial charge in [0.15, 0.2) is 5.82 Å². The van der Waals surface area contributed by atoms with Crippen molar-refractivity contribution in [2.24, 2.45) is 5.73 Å². The lowest BCUT2D eigenvalue weighted by atomic mass is 10.1. The molecule has 10 nitrogen and oxygen atoms in total. The number of benzene rings is 2. The fourth-order valence-corrected chi connectivity index (χ4v) is 3.50. The van der Waals surface area contributed by atoms with Gasteiger partial charge >= 0.3 is 0 Å². The molecule has 4 rings (SSSR count). The molecular formula is C23H22ClN7O3. The van der Waals surface area contributed by atoms with Crippen LogP contribution in [0.3, 0.4) is 0 Å². The summed E-state index contributed by atoms with van der Waals surface area (Å²) in [5.74, 6) is 0.810. The monoisotopic (exact) mass is 479 g/mol. The van der Waals surface area contributed by atoms with Crippen LogP contribution in [0, 0.1) is 0 Å². The minimum Gasteiger partial charge on any atom is -0.394 e. The van der Waals surface area contributed by atoms with Crippen molar-refractivity contribution in [3.05, 3.63) is 76.7 Å². The van der Waals surface area contributed by atoms with Gasteiger partial charge in [-0.05, 0) is 23.8 Å². The molecule has 2 aromatic carbocycles. The zero-order chi connectivity index (χ0) is 24.1. The Morgan fingerprint density at radius 3 is 2.65 bits per heavy atom. The van der Waals surface area contributed by atoms with Gasteiger partial charge in [0.1, 0.15) is 11.4 Å². The van der Waals surface area contributed by atoms with Gasteiger partial charge in [-0.25, -0.2) is 4.98 Å². The van der Waals surface area contributed by atoms with Gasteiger partial charge in [-0.3, -0.25) is 4.79 Å². The van der Waals surface area contributed by atoms with E-state index in [1.165, 1.54) is 6.07 Å². The molecule has 0 unspecified atom stereocenters. The summed E-state index contributed by atoms with van der Waals surface area (Å²) in [5.41, 5.74) is 7.43. The van der Waals surface area contributed by atoms with E-state index in [0.717, 1.165) is 5.56 Å². The number of rotatable bonds is 9. The molecule has 11 heteroatoms. The Morgan fingerprint density at radius 2 is 2.00 bits per heavy atom. The Hall–Kier alpha value is -4.02. The minimum atomic E-state index is -0.620. The number of halogens is 1. The normalized spacial score (nSPS) is 11.7. The third-order valence-corrected chi connectivity index (χ3v) is 5.30. The maximum Gasteiger partial charge on any atom is 0.263 e. The van der Waals surface area contributed by atoms with Crippen molar-refractivity contribution < 1.29 is 14.4 Å². The second-order valence-corrected chi connectivity index (χ2v) is 7.71. The molecule has 0 aliphatic rings. The van der Waals surface area contributed by atoms with E-state index in [4.69, 9.17) is 21.9 Å². The smallest absolute Gasteiger partial charge is 0.263 e. The highest BCUT2D eigenvalue weighted by Gasteiger charge is 2.20. The van der Waals surface area contributed by atoms with Crippen LogP contribution >= 0.6 is 11.6 Å². The van der Waals surface area contributed by atoms with E-state index in [9.17, 15) is 9.90 Å². The third kappa shape index (κ3) is 5.13. The summed E-state index contributed by atoms with van der Waals surface area (Å²) >= 11 is 6.15. The number of anilines is 3. The van der Waals surface area contributed by atoms with Gasteiger partial charge in [0.25, 0.3) is 5.89 Å². The molecule has 4 aromatic rings. The largest absolute Gasteiger partial charge is 0.394 e. The SMILES string of the molecule is CCc1noc(-c2cnc(Nc3ccc(C(N)=O)c(Cl)c3)nc2N[C@H](CO)c2ccccc2)n1. The van der Waals surface area contributed by atoms with Crippen molar-refractivity contribution >= 4 is 35.0 Å². The number of aliphatic hydroxyl groups excluding tert-OH is 1. The van der Waals surface area contributed by atoms with Gasteiger partial charge < -0.3 is 26.0 Å². The van der Waals surface area contributed by atoms with E-state index < -0.39 is 11.9 Å². The van der Waals surface area contributed by atoms with Gasteiger partial charge in [-0.1, -0.05) is 54.0 Å². The average molecular weight is 480 g/mol. The summed E-state index contributed by atoms with van der Waals surface area (Å²) in [6.07, 6.45) is 2.15. The van der Waals surface area contributed by atoms with Gasteiger partial charge in [0.05, 0.1) is 23.2 Å². The first-order valence-corrected chi connectivity index (χ1v) is 10.8. The minimum absolute atomic E-state index is 0.176. The zero-order valence-electron chi connectivity index (χ0n) is 18.2. The summed E-state index contributed by atoms with van der Waals surface area (Å²) in [7, 11) is 0. The van der Waals surface area contributed by atoms with Crippen LogP contribution in [0.25, 0.3) is 11.5 Å². The molecule has 0 saturated carbocycles. The highest BCUT2D eigenvalue weighted by Crippen LogP contribution is 2.30. The van der Waals surface area contributed by atoms with Crippen molar-refractivity contribution in [3.63, 3.8) is 0 Å². The standard InChI is InChI=1S/C23H22ClN7O3/c1-2-19-29-22(34-31-19)16-11-26-23(27-14-8-9-15(20(25)33)17(24)10-14)30-21(16)28-18(12-32)13-6-4-3-5-7-13/h3-11,18,32H,2,12H2,1H3,(H2,25,33)(H2,26,27,28,30)/t18-/m1/s1. The quantitative estimate of drug-likeness (QED) is 0.281. The Labute approximate surface area is 200 Å². The predicted molar refractivity (Wildman–Crippen MR) is 128 cm³/mol. The Balaban J connectivity index is 1.69. The van der Waals surface area contributed by atoms with Crippen LogP contribution < -0.4 is 16.4 Å². The average Bonchev–Trinajstić information content (AvgIpc) is 3.32. The molecule has 0 aliphatic carbocycles. The Kier molecular flexibility index (Phi) is 7.00. The molecule has 34 heavy (non-hydrogen) atoms. The van der Waals surface area contributed by atoms with Crippen LogP contribution in [0.1, 0.15) is 34.7 Å². The molecule has 0 aliphatic heterocycles. The molecule has 0 bridgehead atoms. The molecule has 1 amide bonds. The summed E-state index contributed by atoms with van der Waals surface area (Å²) < 4.78 is 5.39. The number of carbonyl (C=O) groups excluding carboxylic acids is 1. The highest BCUT2D eigenvalue weighted by atomic mass is 35.5. The lowest BCUT2D eigenvalue weighted by Gasteiger charge is -2.19. The van der Waals surface area contributed by atoms with Gasteiger partial charge in [-0.15, -0.1) is 0 Å². The molecule has 5 N–H and O–H groups in total. The number of carbonyl (C=O) groups is 1. The molecule has 0 radical (unpaired) electrons. The molecule has 1 atom stereocenters. The predicted octanol–water partition coefficient (Wildman–Crippen LogP) is 3.73. The van der Waals surface area contributed by atoms with Crippen LogP contribution in [-0.2, 0) is 6.42 Å². The molecule has 2 aromatic heterocycles. The van der Waals surface area contributed by atoms with E-state index in [-0.39, 0.29) is 29.0 Å². The zero-order valence-corrected chi connectivity index (χ0v) is 19.0. The number of nitrogens with zero attached hydrogens (tertiary/aromatic N) is 4. The number of amides is 1. The van der Waals surface area contributed by atoms with E-state index in [2.05, 4.69) is 30.7 Å². The maximum absolute atomic E-state index is 11.4. The van der Waals surface area contributed by atoms with Crippen LogP contribution in [0.2, 0.25) is 5.02 Å². The van der Waals surface area contributed by atoms with E-state index in [1.54, 1.807) is 18.3 Å². The van der Waals surface area contributed by atoms with Crippen LogP contribution in [0.4, 0.5) is 17.5 Å². The van der Waals surface area contributed by atoms with E-state index in [0.29, 0.717) is 29.3 Å². The second kappa shape index (κ2) is 10.3. The van der Waals surface area contributed by atoms with Gasteiger partial charge in [0.2, 0.25) is 11.9 Å². The summed E-state index contributed by atoms with van der Waals surface area (Å²) in [4.78, 5) is 24.7. The number of nitrogens with one attached hydrogen (secondary N) is 2. The Bertz CT molecular complexity index is 1300. The van der Waals surface area contributed by atoms with Gasteiger partial charge in [-0.2, -0.15) is 9.97 Å². The topological polar surface area (TPSA) is 152 Å². The fraction of sp³-hybridized carbons (Fsp3) is 0.174. The lowest BCUT2D eigenvalue weighted by molar-refractivity contribution is 0.100. The first-order valence-electron chi connectivity index (χ1n) is 10.5. The highest BCUT2D eigenvalue weighted by molar-refractivity contribution is 6.34. The molecular weight excluding hydrogens is 458 g/mol. The molecule has 0 spiro atoms. The van der Waals surface area contributed by atoms with Crippen LogP contribution in [-0.4, -0.2) is 37.7 Å². The van der Waals surface area contributed by atoms with Crippen molar-refractivity contribution in [2.45, 2.75) is 19.4 Å². The van der Waals surface area contributed by atoms with Crippen molar-refractivity contribution in [1.29, 1.82) is 0 Å². The first-order chi connectivity index (χ1) is 16.5. The summed E-state index contributed by atoms with van der Waals surface area (Å²) in [6.45, 7) is 1.74. The first kappa shape index (κ1) is 23.1. The number of nitrogens with two attached hydrogens (primary N) is 1. The number of hydrogen-bond acceptors (Lipinski definition) is 9.